The summed E-state index contributed by atoms with van der Waals surface area (Å²) in [4.78, 5) is 41.4. The number of anilines is 1. The Labute approximate surface area is 179 Å². The Hall–Kier alpha value is -3.39. The van der Waals surface area contributed by atoms with Crippen LogP contribution in [-0.2, 0) is 31.2 Å². The molecule has 31 heavy (non-hydrogen) atoms. The van der Waals surface area contributed by atoms with E-state index in [1.54, 1.807) is 45.0 Å². The highest BCUT2D eigenvalue weighted by molar-refractivity contribution is 6.40. The molecule has 0 fully saturated rings. The van der Waals surface area contributed by atoms with Crippen LogP contribution in [0.1, 0.15) is 55.5 Å². The van der Waals surface area contributed by atoms with Crippen molar-refractivity contribution < 1.29 is 23.6 Å². The number of Topliss-reactive ketones (excluding diaryl/α,β-unsaturated/α-hetero) is 1. The first-order valence-corrected chi connectivity index (χ1v) is 9.79. The van der Waals surface area contributed by atoms with Crippen LogP contribution in [0.2, 0.25) is 0 Å². The molecule has 0 saturated heterocycles. The number of nitrogens with two attached hydrogens (primary N) is 1. The molecule has 2 aromatic rings. The fraction of sp³-hybridized carbons (Fsp3) is 0.304. The average Bonchev–Trinajstić information content (AvgIpc) is 2.74. The maximum atomic E-state index is 13.8. The second kappa shape index (κ2) is 8.77. The number of nitrogens with zero attached hydrogens (tertiary/aromatic N) is 1. The van der Waals surface area contributed by atoms with Gasteiger partial charge < -0.3 is 15.9 Å². The molecule has 0 saturated carbocycles. The minimum atomic E-state index is -0.811. The van der Waals surface area contributed by atoms with Gasteiger partial charge in [0.05, 0.1) is 5.71 Å². The van der Waals surface area contributed by atoms with Crippen LogP contribution in [0.4, 0.5) is 10.1 Å². The molecule has 0 spiro atoms. The van der Waals surface area contributed by atoms with Crippen molar-refractivity contribution in [3.8, 4) is 0 Å². The second-order valence-electron chi connectivity index (χ2n) is 8.08. The van der Waals surface area contributed by atoms with E-state index in [2.05, 4.69) is 10.5 Å². The van der Waals surface area contributed by atoms with Crippen molar-refractivity contribution in [2.45, 2.75) is 45.3 Å². The molecule has 1 aliphatic heterocycles. The van der Waals surface area contributed by atoms with Gasteiger partial charge in [-0.15, -0.1) is 0 Å². The van der Waals surface area contributed by atoms with Crippen molar-refractivity contribution >= 4 is 29.4 Å². The first-order chi connectivity index (χ1) is 14.7. The summed E-state index contributed by atoms with van der Waals surface area (Å²) in [5, 5.41) is 6.44. The average molecular weight is 425 g/mol. The predicted octanol–water partition coefficient (Wildman–Crippen LogP) is 3.15. The monoisotopic (exact) mass is 425 g/mol. The fourth-order valence-electron chi connectivity index (χ4n) is 3.67. The third-order valence-electron chi connectivity index (χ3n) is 5.31. The lowest BCUT2D eigenvalue weighted by Crippen LogP contribution is -2.31. The third-order valence-corrected chi connectivity index (χ3v) is 5.31. The van der Waals surface area contributed by atoms with Crippen LogP contribution in [0.15, 0.2) is 41.6 Å². The highest BCUT2D eigenvalue weighted by Gasteiger charge is 2.30. The van der Waals surface area contributed by atoms with E-state index >= 15 is 0 Å². The number of oxime groups is 1. The fourth-order valence-corrected chi connectivity index (χ4v) is 3.67. The summed E-state index contributed by atoms with van der Waals surface area (Å²) in [6, 6.07) is 9.14. The van der Waals surface area contributed by atoms with E-state index in [4.69, 9.17) is 10.6 Å². The lowest BCUT2D eigenvalue weighted by Gasteiger charge is -2.27. The van der Waals surface area contributed by atoms with Gasteiger partial charge >= 0.3 is 0 Å². The van der Waals surface area contributed by atoms with E-state index in [9.17, 15) is 18.8 Å². The summed E-state index contributed by atoms with van der Waals surface area (Å²) in [5.41, 5.74) is 8.50. The minimum Gasteiger partial charge on any atom is -0.380 e. The number of nitrogens with one attached hydrogen (secondary N) is 1. The molecule has 8 heteroatoms. The van der Waals surface area contributed by atoms with E-state index in [1.165, 1.54) is 12.1 Å². The quantitative estimate of drug-likeness (QED) is 0.523. The molecule has 2 aromatic carbocycles. The predicted molar refractivity (Wildman–Crippen MR) is 114 cm³/mol. The van der Waals surface area contributed by atoms with Gasteiger partial charge in [-0.2, -0.15) is 0 Å². The van der Waals surface area contributed by atoms with Crippen molar-refractivity contribution in [1.82, 2.24) is 0 Å². The van der Waals surface area contributed by atoms with E-state index in [1.807, 2.05) is 0 Å². The first-order valence-electron chi connectivity index (χ1n) is 9.79. The number of ketones is 1. The number of hydrogen-bond acceptors (Lipinski definition) is 6. The molecule has 3 N–H and O–H groups in total. The number of carbonyl (C=O) groups is 3. The van der Waals surface area contributed by atoms with Crippen LogP contribution in [0.3, 0.4) is 0 Å². The number of amides is 1. The van der Waals surface area contributed by atoms with Gasteiger partial charge in [0.25, 0.3) is 5.91 Å². The minimum absolute atomic E-state index is 0.123. The smallest absolute Gasteiger partial charge is 0.291 e. The van der Waals surface area contributed by atoms with Crippen molar-refractivity contribution in [3.63, 3.8) is 0 Å². The summed E-state index contributed by atoms with van der Waals surface area (Å²) < 4.78 is 13.8. The molecule has 1 aliphatic rings. The summed E-state index contributed by atoms with van der Waals surface area (Å²) in [6.45, 7) is 5.45. The molecule has 3 rings (SSSR count). The Balaban J connectivity index is 1.77. The van der Waals surface area contributed by atoms with Gasteiger partial charge in [0.1, 0.15) is 5.82 Å². The zero-order chi connectivity index (χ0) is 22.8. The summed E-state index contributed by atoms with van der Waals surface area (Å²) in [6.07, 6.45) is -0.295. The normalized spacial score (nSPS) is 15.4. The topological polar surface area (TPSA) is 111 Å². The van der Waals surface area contributed by atoms with E-state index in [-0.39, 0.29) is 13.0 Å². The van der Waals surface area contributed by atoms with Crippen LogP contribution in [0.5, 0.6) is 0 Å². The van der Waals surface area contributed by atoms with Crippen LogP contribution < -0.4 is 11.1 Å². The largest absolute Gasteiger partial charge is 0.380 e. The molecular formula is C23H24FN3O4. The Morgan fingerprint density at radius 3 is 2.68 bits per heavy atom. The number of hydrogen-bond donors (Lipinski definition) is 2. The highest BCUT2D eigenvalue weighted by atomic mass is 19.1. The van der Waals surface area contributed by atoms with Crippen molar-refractivity contribution in [1.29, 1.82) is 0 Å². The van der Waals surface area contributed by atoms with Crippen molar-refractivity contribution in [2.75, 3.05) is 5.32 Å². The Morgan fingerprint density at radius 2 is 2.00 bits per heavy atom. The molecule has 0 radical (unpaired) electrons. The number of aldehydes is 1. The lowest BCUT2D eigenvalue weighted by molar-refractivity contribution is -0.135. The van der Waals surface area contributed by atoms with Gasteiger partial charge in [-0.05, 0) is 47.7 Å². The van der Waals surface area contributed by atoms with Gasteiger partial charge in [-0.25, -0.2) is 4.39 Å². The Bertz CT molecular complexity index is 1080. The summed E-state index contributed by atoms with van der Waals surface area (Å²) >= 11 is 0. The number of rotatable bonds is 7. The van der Waals surface area contributed by atoms with Crippen LogP contribution in [0.25, 0.3) is 0 Å². The van der Waals surface area contributed by atoms with Gasteiger partial charge in [-0.1, -0.05) is 31.1 Å². The highest BCUT2D eigenvalue weighted by Crippen LogP contribution is 2.32. The summed E-state index contributed by atoms with van der Waals surface area (Å²) in [7, 11) is 0. The molecule has 7 nitrogen and oxygen atoms in total. The lowest BCUT2D eigenvalue weighted by atomic mass is 9.77. The zero-order valence-electron chi connectivity index (χ0n) is 17.6. The van der Waals surface area contributed by atoms with Crippen LogP contribution in [-0.4, -0.2) is 23.7 Å². The SMILES string of the molecule is CC1=NOC(C=O)c2ccc(NC(=O)C(=O)CC(C)(C)c3cc(F)ccc3CN)cc21. The number of fused-ring (bicyclic) bond motifs is 1. The van der Waals surface area contributed by atoms with Gasteiger partial charge in [0, 0.05) is 29.8 Å². The molecule has 1 atom stereocenters. The molecule has 0 aliphatic carbocycles. The molecule has 1 unspecified atom stereocenters. The van der Waals surface area contributed by atoms with E-state index < -0.39 is 29.0 Å². The Morgan fingerprint density at radius 1 is 1.26 bits per heavy atom. The first kappa shape index (κ1) is 22.3. The van der Waals surface area contributed by atoms with Crippen molar-refractivity contribution in [2.24, 2.45) is 10.9 Å². The third kappa shape index (κ3) is 4.69. The van der Waals surface area contributed by atoms with Gasteiger partial charge in [-0.3, -0.25) is 14.4 Å². The van der Waals surface area contributed by atoms with E-state index in [0.717, 1.165) is 5.56 Å². The van der Waals surface area contributed by atoms with Gasteiger partial charge in [0.2, 0.25) is 11.9 Å². The number of benzene rings is 2. The molecule has 162 valence electrons. The standard InChI is InChI=1S/C23H24FN3O4/c1-13-18-9-16(6-7-17(18)21(12-28)31-27-13)26-22(30)20(29)10-23(2,3)19-8-15(24)5-4-14(19)11-25/h4-9,12,21H,10-11,25H2,1-3H3,(H,26,30). The Kier molecular flexibility index (Phi) is 6.31. The van der Waals surface area contributed by atoms with Crippen LogP contribution >= 0.6 is 0 Å². The zero-order valence-corrected chi connectivity index (χ0v) is 17.6. The summed E-state index contributed by atoms with van der Waals surface area (Å²) in [5.74, 6) is -1.86. The molecular weight excluding hydrogens is 401 g/mol. The van der Waals surface area contributed by atoms with Crippen LogP contribution in [0, 0.1) is 5.82 Å². The van der Waals surface area contributed by atoms with Crippen molar-refractivity contribution in [3.05, 3.63) is 64.5 Å². The maximum absolute atomic E-state index is 13.8. The number of halogens is 1. The number of carbonyl (C=O) groups excluding carboxylic acids is 3. The maximum Gasteiger partial charge on any atom is 0.291 e. The molecule has 1 heterocycles. The van der Waals surface area contributed by atoms with E-state index in [0.29, 0.717) is 34.4 Å². The second-order valence-corrected chi connectivity index (χ2v) is 8.08. The molecule has 0 aromatic heterocycles. The molecule has 0 bridgehead atoms. The van der Waals surface area contributed by atoms with Gasteiger partial charge in [0.15, 0.2) is 6.29 Å². The molecule has 1 amide bonds.